The second-order valence-electron chi connectivity index (χ2n) is 5.24. The fraction of sp³-hybridized carbons (Fsp3) is 0.917. The lowest BCUT2D eigenvalue weighted by atomic mass is 9.99. The van der Waals surface area contributed by atoms with Gasteiger partial charge in [0.1, 0.15) is 0 Å². The molecule has 3 atom stereocenters. The smallest absolute Gasteiger partial charge is 0.308 e. The normalized spacial score (nSPS) is 32.9. The molecule has 1 unspecified atom stereocenters. The summed E-state index contributed by atoms with van der Waals surface area (Å²) in [6.07, 6.45) is 2.55. The van der Waals surface area contributed by atoms with Crippen LogP contribution in [0.4, 0.5) is 0 Å². The minimum absolute atomic E-state index is 0.196. The summed E-state index contributed by atoms with van der Waals surface area (Å²) in [5, 5.41) is 9.11. The molecule has 0 aromatic heterocycles. The van der Waals surface area contributed by atoms with Crippen LogP contribution in [-0.2, 0) is 9.53 Å². The molecule has 2 fully saturated rings. The molecule has 2 rings (SSSR count). The number of rotatable bonds is 5. The monoisotopic (exact) mass is 227 g/mol. The van der Waals surface area contributed by atoms with Crippen LogP contribution < -0.4 is 0 Å². The predicted octanol–water partition coefficient (Wildman–Crippen LogP) is 1.06. The van der Waals surface area contributed by atoms with Gasteiger partial charge in [0.15, 0.2) is 0 Å². The first-order chi connectivity index (χ1) is 7.63. The van der Waals surface area contributed by atoms with E-state index in [2.05, 4.69) is 4.90 Å². The van der Waals surface area contributed by atoms with Crippen molar-refractivity contribution in [2.75, 3.05) is 26.8 Å². The molecular formula is C12H21NO3. The zero-order valence-electron chi connectivity index (χ0n) is 10.1. The second kappa shape index (κ2) is 4.72. The van der Waals surface area contributed by atoms with Crippen molar-refractivity contribution in [1.82, 2.24) is 4.90 Å². The van der Waals surface area contributed by atoms with Crippen LogP contribution in [0.1, 0.15) is 19.8 Å². The number of hydrogen-bond acceptors (Lipinski definition) is 3. The van der Waals surface area contributed by atoms with Gasteiger partial charge in [0.25, 0.3) is 0 Å². The average Bonchev–Trinajstić information content (AvgIpc) is 2.98. The van der Waals surface area contributed by atoms with Gasteiger partial charge in [-0.25, -0.2) is 0 Å². The molecule has 1 aliphatic heterocycles. The Labute approximate surface area is 96.6 Å². The van der Waals surface area contributed by atoms with E-state index in [9.17, 15) is 4.79 Å². The first-order valence-corrected chi connectivity index (χ1v) is 6.09. The molecule has 1 aliphatic carbocycles. The highest BCUT2D eigenvalue weighted by atomic mass is 16.5. The largest absolute Gasteiger partial charge is 0.481 e. The molecule has 0 aromatic carbocycles. The molecule has 1 saturated heterocycles. The molecular weight excluding hydrogens is 206 g/mol. The number of carbonyl (C=O) groups is 1. The maximum absolute atomic E-state index is 11.1. The lowest BCUT2D eigenvalue weighted by Gasteiger charge is -2.27. The van der Waals surface area contributed by atoms with Gasteiger partial charge in [-0.2, -0.15) is 0 Å². The topological polar surface area (TPSA) is 49.8 Å². The Morgan fingerprint density at radius 3 is 2.62 bits per heavy atom. The maximum Gasteiger partial charge on any atom is 0.308 e. The van der Waals surface area contributed by atoms with Gasteiger partial charge in [0.05, 0.1) is 12.5 Å². The number of likely N-dealkylation sites (tertiary alicyclic amines) is 1. The van der Waals surface area contributed by atoms with Crippen molar-refractivity contribution in [2.24, 2.45) is 17.8 Å². The third kappa shape index (κ3) is 2.38. The van der Waals surface area contributed by atoms with E-state index in [1.54, 1.807) is 7.11 Å². The quantitative estimate of drug-likeness (QED) is 0.763. The van der Waals surface area contributed by atoms with Gasteiger partial charge < -0.3 is 9.84 Å². The summed E-state index contributed by atoms with van der Waals surface area (Å²) in [6.45, 7) is 4.38. The first-order valence-electron chi connectivity index (χ1n) is 6.09. The van der Waals surface area contributed by atoms with Crippen molar-refractivity contribution in [3.63, 3.8) is 0 Å². The zero-order valence-corrected chi connectivity index (χ0v) is 10.1. The first kappa shape index (κ1) is 11.9. The van der Waals surface area contributed by atoms with Crippen LogP contribution in [0, 0.1) is 17.8 Å². The lowest BCUT2D eigenvalue weighted by molar-refractivity contribution is -0.142. The highest BCUT2D eigenvalue weighted by Crippen LogP contribution is 2.38. The number of methoxy groups -OCH3 is 1. The molecule has 1 N–H and O–H groups in total. The van der Waals surface area contributed by atoms with Crippen LogP contribution in [0.15, 0.2) is 0 Å². The van der Waals surface area contributed by atoms with Crippen LogP contribution >= 0.6 is 0 Å². The van der Waals surface area contributed by atoms with E-state index in [4.69, 9.17) is 9.84 Å². The van der Waals surface area contributed by atoms with Crippen molar-refractivity contribution in [3.8, 4) is 0 Å². The molecule has 0 radical (unpaired) electrons. The Balaban J connectivity index is 1.96. The second-order valence-corrected chi connectivity index (χ2v) is 5.24. The Hall–Kier alpha value is -0.610. The van der Waals surface area contributed by atoms with Crippen LogP contribution in [0.25, 0.3) is 0 Å². The molecule has 0 spiro atoms. The number of carboxylic acid groups (broad SMARTS) is 1. The minimum atomic E-state index is -0.651. The summed E-state index contributed by atoms with van der Waals surface area (Å²) < 4.78 is 5.26. The summed E-state index contributed by atoms with van der Waals surface area (Å²) in [5.74, 6) is 0.148. The Kier molecular flexibility index (Phi) is 3.50. The Bertz CT molecular complexity index is 265. The third-order valence-electron chi connectivity index (χ3n) is 3.93. The predicted molar refractivity (Wildman–Crippen MR) is 60.3 cm³/mol. The van der Waals surface area contributed by atoms with Crippen LogP contribution in [0.3, 0.4) is 0 Å². The average molecular weight is 227 g/mol. The SMILES string of the molecule is COCC(C1CC1)N1C[C@@H](C)[C@H](C(=O)O)C1. The number of aliphatic carboxylic acids is 1. The van der Waals surface area contributed by atoms with E-state index in [-0.39, 0.29) is 11.8 Å². The van der Waals surface area contributed by atoms with E-state index in [0.29, 0.717) is 12.6 Å². The summed E-state index contributed by atoms with van der Waals surface area (Å²) in [6, 6.07) is 0.441. The van der Waals surface area contributed by atoms with E-state index in [1.165, 1.54) is 12.8 Å². The van der Waals surface area contributed by atoms with Gasteiger partial charge in [0, 0.05) is 26.2 Å². The standard InChI is InChI=1S/C12H21NO3/c1-8-5-13(6-10(8)12(14)15)11(7-16-2)9-3-4-9/h8-11H,3-7H2,1-2H3,(H,14,15)/t8-,10-,11?/m1/s1. The van der Waals surface area contributed by atoms with E-state index in [1.807, 2.05) is 6.92 Å². The molecule has 4 nitrogen and oxygen atoms in total. The van der Waals surface area contributed by atoms with E-state index >= 15 is 0 Å². The van der Waals surface area contributed by atoms with Gasteiger partial charge >= 0.3 is 5.97 Å². The van der Waals surface area contributed by atoms with Crippen LogP contribution in [0.5, 0.6) is 0 Å². The highest BCUT2D eigenvalue weighted by molar-refractivity contribution is 5.71. The fourth-order valence-corrected chi connectivity index (χ4v) is 2.79. The number of carboxylic acids is 1. The summed E-state index contributed by atoms with van der Waals surface area (Å²) in [4.78, 5) is 13.4. The van der Waals surface area contributed by atoms with Crippen molar-refractivity contribution >= 4 is 5.97 Å². The van der Waals surface area contributed by atoms with Crippen molar-refractivity contribution in [1.29, 1.82) is 0 Å². The number of hydrogen-bond donors (Lipinski definition) is 1. The molecule has 1 saturated carbocycles. The van der Waals surface area contributed by atoms with E-state index < -0.39 is 5.97 Å². The molecule has 1 heterocycles. The maximum atomic E-state index is 11.1. The molecule has 0 amide bonds. The summed E-state index contributed by atoms with van der Waals surface area (Å²) in [7, 11) is 1.73. The van der Waals surface area contributed by atoms with Gasteiger partial charge in [-0.15, -0.1) is 0 Å². The molecule has 92 valence electrons. The van der Waals surface area contributed by atoms with Gasteiger partial charge in [0.2, 0.25) is 0 Å². The molecule has 0 bridgehead atoms. The summed E-state index contributed by atoms with van der Waals surface area (Å²) >= 11 is 0. The van der Waals surface area contributed by atoms with Gasteiger partial charge in [-0.05, 0) is 24.7 Å². The van der Waals surface area contributed by atoms with Crippen molar-refractivity contribution < 1.29 is 14.6 Å². The fourth-order valence-electron chi connectivity index (χ4n) is 2.79. The van der Waals surface area contributed by atoms with Gasteiger partial charge in [-0.3, -0.25) is 9.69 Å². The molecule has 4 heteroatoms. The number of nitrogens with zero attached hydrogens (tertiary/aromatic N) is 1. The molecule has 16 heavy (non-hydrogen) atoms. The minimum Gasteiger partial charge on any atom is -0.481 e. The van der Waals surface area contributed by atoms with Crippen LogP contribution in [0.2, 0.25) is 0 Å². The number of ether oxygens (including phenoxy) is 1. The lowest BCUT2D eigenvalue weighted by Crippen LogP contribution is -2.39. The molecule has 0 aromatic rings. The Morgan fingerprint density at radius 2 is 2.19 bits per heavy atom. The third-order valence-corrected chi connectivity index (χ3v) is 3.93. The van der Waals surface area contributed by atoms with Crippen molar-refractivity contribution in [3.05, 3.63) is 0 Å². The molecule has 2 aliphatic rings. The summed E-state index contributed by atoms with van der Waals surface area (Å²) in [5.41, 5.74) is 0. The van der Waals surface area contributed by atoms with Gasteiger partial charge in [-0.1, -0.05) is 6.92 Å². The highest BCUT2D eigenvalue weighted by Gasteiger charge is 2.42. The Morgan fingerprint density at radius 1 is 1.50 bits per heavy atom. The van der Waals surface area contributed by atoms with E-state index in [0.717, 1.165) is 19.1 Å². The van der Waals surface area contributed by atoms with Crippen LogP contribution in [-0.4, -0.2) is 48.8 Å². The zero-order chi connectivity index (χ0) is 11.7. The van der Waals surface area contributed by atoms with Crippen molar-refractivity contribution in [2.45, 2.75) is 25.8 Å².